The molecule has 3 aromatic rings. The Balaban J connectivity index is 1.65. The number of amides is 1. The molecule has 168 valence electrons. The summed E-state index contributed by atoms with van der Waals surface area (Å²) >= 11 is 0. The fourth-order valence-electron chi connectivity index (χ4n) is 3.71. The summed E-state index contributed by atoms with van der Waals surface area (Å²) in [6.07, 6.45) is 0.329. The van der Waals surface area contributed by atoms with Crippen LogP contribution in [0.25, 0.3) is 0 Å². The summed E-state index contributed by atoms with van der Waals surface area (Å²) < 4.78 is 55.2. The van der Waals surface area contributed by atoms with E-state index in [2.05, 4.69) is 0 Å². The van der Waals surface area contributed by atoms with Crippen LogP contribution in [0, 0.1) is 6.92 Å². The van der Waals surface area contributed by atoms with Crippen LogP contribution in [-0.4, -0.2) is 45.2 Å². The van der Waals surface area contributed by atoms with E-state index >= 15 is 0 Å². The maximum atomic E-state index is 13.3. The number of carbonyl (C=O) groups is 1. The highest BCUT2D eigenvalue weighted by Gasteiger charge is 2.36. The zero-order chi connectivity index (χ0) is 22.9. The first-order valence-corrected chi connectivity index (χ1v) is 13.4. The molecule has 1 aliphatic rings. The fraction of sp³-hybridized carbons (Fsp3) is 0.261. The number of aryl methyl sites for hydroxylation is 1. The average Bonchev–Trinajstić information content (AvgIpc) is 3.41. The molecule has 2 aromatic carbocycles. The summed E-state index contributed by atoms with van der Waals surface area (Å²) in [5.74, 6) is -0.792. The van der Waals surface area contributed by atoms with E-state index < -0.39 is 31.6 Å². The van der Waals surface area contributed by atoms with Gasteiger partial charge >= 0.3 is 0 Å². The molecule has 9 heteroatoms. The molecule has 0 radical (unpaired) electrons. The highest BCUT2D eigenvalue weighted by Crippen LogP contribution is 2.26. The lowest BCUT2D eigenvalue weighted by atomic mass is 10.1. The van der Waals surface area contributed by atoms with Crippen molar-refractivity contribution in [2.75, 3.05) is 11.5 Å². The normalized spacial score (nSPS) is 17.8. The van der Waals surface area contributed by atoms with Gasteiger partial charge in [-0.05, 0) is 43.2 Å². The molecule has 0 saturated carbocycles. The largest absolute Gasteiger partial charge is 0.439 e. The minimum absolute atomic E-state index is 0.0150. The van der Waals surface area contributed by atoms with Crippen molar-refractivity contribution >= 4 is 25.6 Å². The van der Waals surface area contributed by atoms with Crippen molar-refractivity contribution in [3.63, 3.8) is 0 Å². The Kier molecular flexibility index (Phi) is 5.96. The molecular weight excluding hydrogens is 450 g/mol. The predicted molar refractivity (Wildman–Crippen MR) is 119 cm³/mol. The van der Waals surface area contributed by atoms with Gasteiger partial charge in [-0.25, -0.2) is 16.8 Å². The molecule has 1 unspecified atom stereocenters. The standard InChI is InChI=1S/C23H23NO6S2/c1-17-7-9-18(10-8-17)15-24(19-13-14-31(26,27)16-19)23(25)21-11-12-22(30-21)32(28,29)20-5-3-2-4-6-20/h2-12,19H,13-16H2,1H3. The third kappa shape index (κ3) is 4.63. The number of hydrogen-bond acceptors (Lipinski definition) is 6. The summed E-state index contributed by atoms with van der Waals surface area (Å²) in [7, 11) is -7.14. The first-order chi connectivity index (χ1) is 15.2. The molecule has 1 amide bonds. The van der Waals surface area contributed by atoms with Gasteiger partial charge in [0, 0.05) is 12.6 Å². The van der Waals surface area contributed by atoms with Gasteiger partial charge in [0.1, 0.15) is 0 Å². The third-order valence-corrected chi connectivity index (χ3v) is 8.89. The quantitative estimate of drug-likeness (QED) is 0.545. The van der Waals surface area contributed by atoms with Crippen LogP contribution in [0.3, 0.4) is 0 Å². The second-order valence-corrected chi connectivity index (χ2v) is 12.0. The third-order valence-electron chi connectivity index (χ3n) is 5.49. The Bertz CT molecular complexity index is 1330. The lowest BCUT2D eigenvalue weighted by Crippen LogP contribution is -2.40. The molecule has 2 heterocycles. The Morgan fingerprint density at radius 1 is 1.03 bits per heavy atom. The molecule has 1 fully saturated rings. The van der Waals surface area contributed by atoms with E-state index in [1.165, 1.54) is 29.2 Å². The average molecular weight is 474 g/mol. The van der Waals surface area contributed by atoms with E-state index in [9.17, 15) is 21.6 Å². The van der Waals surface area contributed by atoms with Gasteiger partial charge in [-0.1, -0.05) is 48.0 Å². The Morgan fingerprint density at radius 2 is 1.72 bits per heavy atom. The molecule has 1 saturated heterocycles. The molecule has 0 aliphatic carbocycles. The van der Waals surface area contributed by atoms with Crippen molar-refractivity contribution in [2.24, 2.45) is 0 Å². The van der Waals surface area contributed by atoms with E-state index in [1.54, 1.807) is 18.2 Å². The van der Waals surface area contributed by atoms with Gasteiger partial charge in [0.15, 0.2) is 15.6 Å². The summed E-state index contributed by atoms with van der Waals surface area (Å²) in [4.78, 5) is 14.9. The molecule has 1 aliphatic heterocycles. The fourth-order valence-corrected chi connectivity index (χ4v) is 6.64. The summed E-state index contributed by atoms with van der Waals surface area (Å²) in [5.41, 5.74) is 1.91. The van der Waals surface area contributed by atoms with Crippen molar-refractivity contribution in [3.8, 4) is 0 Å². The van der Waals surface area contributed by atoms with Crippen LogP contribution in [-0.2, 0) is 26.2 Å². The van der Waals surface area contributed by atoms with Crippen LogP contribution in [0.1, 0.15) is 28.1 Å². The SMILES string of the molecule is Cc1ccc(CN(C(=O)c2ccc(S(=O)(=O)c3ccccc3)o2)C2CCS(=O)(=O)C2)cc1. The van der Waals surface area contributed by atoms with Crippen LogP contribution in [0.2, 0.25) is 0 Å². The maximum absolute atomic E-state index is 13.3. The number of nitrogens with zero attached hydrogens (tertiary/aromatic N) is 1. The van der Waals surface area contributed by atoms with E-state index in [0.29, 0.717) is 6.42 Å². The Hall–Kier alpha value is -2.91. The number of benzene rings is 2. The highest BCUT2D eigenvalue weighted by molar-refractivity contribution is 7.91. The second-order valence-electron chi connectivity index (χ2n) is 7.91. The van der Waals surface area contributed by atoms with Gasteiger partial charge in [-0.15, -0.1) is 0 Å². The molecule has 4 rings (SSSR count). The van der Waals surface area contributed by atoms with Gasteiger partial charge < -0.3 is 9.32 Å². The molecule has 0 N–H and O–H groups in total. The minimum Gasteiger partial charge on any atom is -0.439 e. The van der Waals surface area contributed by atoms with Gasteiger partial charge in [-0.3, -0.25) is 4.79 Å². The maximum Gasteiger partial charge on any atom is 0.290 e. The van der Waals surface area contributed by atoms with E-state index in [-0.39, 0.29) is 33.8 Å². The Morgan fingerprint density at radius 3 is 2.34 bits per heavy atom. The number of sulfone groups is 2. The molecule has 0 bridgehead atoms. The lowest BCUT2D eigenvalue weighted by molar-refractivity contribution is 0.0642. The minimum atomic E-state index is -3.91. The van der Waals surface area contributed by atoms with E-state index in [0.717, 1.165) is 11.1 Å². The van der Waals surface area contributed by atoms with Crippen molar-refractivity contribution in [3.05, 3.63) is 83.6 Å². The molecule has 1 atom stereocenters. The van der Waals surface area contributed by atoms with Crippen LogP contribution in [0.5, 0.6) is 0 Å². The number of carbonyl (C=O) groups excluding carboxylic acids is 1. The van der Waals surface area contributed by atoms with Crippen LogP contribution >= 0.6 is 0 Å². The molecule has 0 spiro atoms. The van der Waals surface area contributed by atoms with Gasteiger partial charge in [0.25, 0.3) is 5.91 Å². The van der Waals surface area contributed by atoms with Gasteiger partial charge in [0.05, 0.1) is 16.4 Å². The Labute approximate surface area is 187 Å². The molecular formula is C23H23NO6S2. The first-order valence-electron chi connectivity index (χ1n) is 10.1. The van der Waals surface area contributed by atoms with Crippen molar-refractivity contribution in [2.45, 2.75) is 35.9 Å². The molecule has 32 heavy (non-hydrogen) atoms. The summed E-state index contributed by atoms with van der Waals surface area (Å²) in [6, 6.07) is 17.5. The summed E-state index contributed by atoms with van der Waals surface area (Å²) in [5, 5.41) is -0.332. The summed E-state index contributed by atoms with van der Waals surface area (Å²) in [6.45, 7) is 2.15. The highest BCUT2D eigenvalue weighted by atomic mass is 32.2. The van der Waals surface area contributed by atoms with Crippen molar-refractivity contribution in [1.82, 2.24) is 4.90 Å². The molecule has 1 aromatic heterocycles. The zero-order valence-corrected chi connectivity index (χ0v) is 19.1. The number of rotatable bonds is 6. The lowest BCUT2D eigenvalue weighted by Gasteiger charge is -2.27. The zero-order valence-electron chi connectivity index (χ0n) is 17.5. The topological polar surface area (TPSA) is 102 Å². The van der Waals surface area contributed by atoms with Crippen LogP contribution < -0.4 is 0 Å². The van der Waals surface area contributed by atoms with Crippen molar-refractivity contribution in [1.29, 1.82) is 0 Å². The van der Waals surface area contributed by atoms with Crippen LogP contribution in [0.15, 0.2) is 81.1 Å². The van der Waals surface area contributed by atoms with Crippen LogP contribution in [0.4, 0.5) is 0 Å². The van der Waals surface area contributed by atoms with E-state index in [4.69, 9.17) is 4.42 Å². The molecule has 7 nitrogen and oxygen atoms in total. The number of furan rings is 1. The number of hydrogen-bond donors (Lipinski definition) is 0. The smallest absolute Gasteiger partial charge is 0.290 e. The predicted octanol–water partition coefficient (Wildman–Crippen LogP) is 3.25. The van der Waals surface area contributed by atoms with E-state index in [1.807, 2.05) is 31.2 Å². The first kappa shape index (κ1) is 22.3. The van der Waals surface area contributed by atoms with Crippen molar-refractivity contribution < 1.29 is 26.0 Å². The van der Waals surface area contributed by atoms with Gasteiger partial charge in [0.2, 0.25) is 14.9 Å². The monoisotopic (exact) mass is 473 g/mol. The second kappa shape index (κ2) is 8.55. The van der Waals surface area contributed by atoms with Gasteiger partial charge in [-0.2, -0.15) is 0 Å².